The van der Waals surface area contributed by atoms with Gasteiger partial charge in [-0.2, -0.15) is 0 Å². The first kappa shape index (κ1) is 19.8. The van der Waals surface area contributed by atoms with E-state index in [1.54, 1.807) is 0 Å². The van der Waals surface area contributed by atoms with E-state index in [2.05, 4.69) is 23.5 Å². The van der Waals surface area contributed by atoms with E-state index in [4.69, 9.17) is 23.8 Å². The number of halogens is 1. The number of nitrogens with one attached hydrogen (secondary N) is 1. The number of thiocarbonyl (C=S) groups is 1. The van der Waals surface area contributed by atoms with Crippen molar-refractivity contribution in [1.29, 1.82) is 0 Å². The molecule has 0 bridgehead atoms. The lowest BCUT2D eigenvalue weighted by molar-refractivity contribution is -0.131. The molecule has 1 fully saturated rings. The number of benzene rings is 2. The minimum absolute atomic E-state index is 0.175. The van der Waals surface area contributed by atoms with Gasteiger partial charge in [0.2, 0.25) is 0 Å². The van der Waals surface area contributed by atoms with Crippen molar-refractivity contribution in [2.24, 2.45) is 0 Å². The number of aryl methyl sites for hydroxylation is 2. The van der Waals surface area contributed by atoms with Crippen LogP contribution in [0, 0.1) is 13.8 Å². The van der Waals surface area contributed by atoms with Gasteiger partial charge < -0.3 is 10.2 Å². The van der Waals surface area contributed by atoms with Crippen LogP contribution in [-0.2, 0) is 10.3 Å². The fourth-order valence-electron chi connectivity index (χ4n) is 3.87. The Kier molecular flexibility index (Phi) is 5.87. The summed E-state index contributed by atoms with van der Waals surface area (Å²) in [4.78, 5) is 15.1. The molecule has 5 heteroatoms. The standard InChI is InChI=1S/C22H25ClN2OS/c1-15-11-12-16(2)19(14-15)24-21(27)25(3)22(13-7-6-10-20(22)26)17-8-4-5-9-18(17)23/h4-5,8-9,11-12,14H,6-7,10,13H2,1-3H3,(H,24,27). The van der Waals surface area contributed by atoms with Crippen LogP contribution in [0.1, 0.15) is 42.4 Å². The number of anilines is 1. The van der Waals surface area contributed by atoms with E-state index < -0.39 is 5.54 Å². The molecule has 1 saturated carbocycles. The molecule has 0 amide bonds. The minimum Gasteiger partial charge on any atom is -0.335 e. The topological polar surface area (TPSA) is 32.3 Å². The third-order valence-electron chi connectivity index (χ3n) is 5.49. The molecule has 27 heavy (non-hydrogen) atoms. The second-order valence-electron chi connectivity index (χ2n) is 7.28. The molecule has 1 atom stereocenters. The summed E-state index contributed by atoms with van der Waals surface area (Å²) in [5.74, 6) is 0.175. The fourth-order valence-corrected chi connectivity index (χ4v) is 4.43. The first-order valence-electron chi connectivity index (χ1n) is 9.26. The van der Waals surface area contributed by atoms with Crippen molar-refractivity contribution < 1.29 is 4.79 Å². The predicted octanol–water partition coefficient (Wildman–Crippen LogP) is 5.62. The van der Waals surface area contributed by atoms with Crippen LogP contribution in [0.25, 0.3) is 0 Å². The highest BCUT2D eigenvalue weighted by Crippen LogP contribution is 2.42. The zero-order valence-corrected chi connectivity index (χ0v) is 17.6. The van der Waals surface area contributed by atoms with Crippen molar-refractivity contribution in [2.45, 2.75) is 45.1 Å². The number of rotatable bonds is 3. The Bertz CT molecular complexity index is 882. The highest BCUT2D eigenvalue weighted by molar-refractivity contribution is 7.80. The third kappa shape index (κ3) is 3.74. The number of likely N-dealkylation sites (N-methyl/N-ethyl adjacent to an activating group) is 1. The summed E-state index contributed by atoms with van der Waals surface area (Å²) >= 11 is 12.3. The smallest absolute Gasteiger partial charge is 0.174 e. The molecule has 0 heterocycles. The molecule has 2 aromatic rings. The Balaban J connectivity index is 2.00. The van der Waals surface area contributed by atoms with Crippen LogP contribution < -0.4 is 5.32 Å². The number of carbonyl (C=O) groups is 1. The van der Waals surface area contributed by atoms with E-state index in [0.29, 0.717) is 23.0 Å². The van der Waals surface area contributed by atoms with Crippen LogP contribution in [0.15, 0.2) is 42.5 Å². The SMILES string of the molecule is Cc1ccc(C)c(NC(=S)N(C)C2(c3ccccc3Cl)CCCCC2=O)c1. The molecule has 1 aliphatic carbocycles. The van der Waals surface area contributed by atoms with E-state index in [1.165, 1.54) is 0 Å². The van der Waals surface area contributed by atoms with E-state index in [0.717, 1.165) is 35.2 Å². The van der Waals surface area contributed by atoms with Gasteiger partial charge in [-0.3, -0.25) is 4.79 Å². The van der Waals surface area contributed by atoms with Crippen LogP contribution in [-0.4, -0.2) is 22.8 Å². The Morgan fingerprint density at radius 1 is 1.19 bits per heavy atom. The van der Waals surface area contributed by atoms with Gasteiger partial charge in [-0.15, -0.1) is 0 Å². The summed E-state index contributed by atoms with van der Waals surface area (Å²) in [5, 5.41) is 4.48. The van der Waals surface area contributed by atoms with Crippen molar-refractivity contribution in [3.63, 3.8) is 0 Å². The van der Waals surface area contributed by atoms with Gasteiger partial charge in [-0.25, -0.2) is 0 Å². The largest absolute Gasteiger partial charge is 0.335 e. The highest BCUT2D eigenvalue weighted by Gasteiger charge is 2.47. The molecule has 1 unspecified atom stereocenters. The predicted molar refractivity (Wildman–Crippen MR) is 117 cm³/mol. The average Bonchev–Trinajstić information content (AvgIpc) is 2.65. The van der Waals surface area contributed by atoms with Gasteiger partial charge in [0.1, 0.15) is 5.54 Å². The van der Waals surface area contributed by atoms with Gasteiger partial charge >= 0.3 is 0 Å². The number of hydrogen-bond donors (Lipinski definition) is 1. The van der Waals surface area contributed by atoms with Crippen LogP contribution in [0.2, 0.25) is 5.02 Å². The molecule has 0 aliphatic heterocycles. The molecular weight excluding hydrogens is 376 g/mol. The minimum atomic E-state index is -0.821. The summed E-state index contributed by atoms with van der Waals surface area (Å²) in [6.45, 7) is 4.09. The Labute approximate surface area is 171 Å². The number of nitrogens with zero attached hydrogens (tertiary/aromatic N) is 1. The van der Waals surface area contributed by atoms with Crippen molar-refractivity contribution in [2.75, 3.05) is 12.4 Å². The molecule has 3 rings (SSSR count). The van der Waals surface area contributed by atoms with Crippen LogP contribution in [0.3, 0.4) is 0 Å². The molecule has 0 saturated heterocycles. The summed E-state index contributed by atoms with van der Waals surface area (Å²) in [5.41, 5.74) is 3.24. The number of hydrogen-bond acceptors (Lipinski definition) is 2. The molecule has 2 aromatic carbocycles. The average molecular weight is 401 g/mol. The molecule has 1 aliphatic rings. The Hall–Kier alpha value is -1.91. The lowest BCUT2D eigenvalue weighted by Crippen LogP contribution is -2.55. The van der Waals surface area contributed by atoms with Gasteiger partial charge in [0.25, 0.3) is 0 Å². The van der Waals surface area contributed by atoms with Gasteiger partial charge in [-0.1, -0.05) is 41.9 Å². The lowest BCUT2D eigenvalue weighted by Gasteiger charge is -2.45. The van der Waals surface area contributed by atoms with Gasteiger partial charge in [0.15, 0.2) is 10.9 Å². The van der Waals surface area contributed by atoms with E-state index in [1.807, 2.05) is 50.1 Å². The molecule has 3 nitrogen and oxygen atoms in total. The highest BCUT2D eigenvalue weighted by atomic mass is 35.5. The van der Waals surface area contributed by atoms with Crippen molar-refractivity contribution in [3.05, 3.63) is 64.2 Å². The number of Topliss-reactive ketones (excluding diaryl/α,β-unsaturated/α-hetero) is 1. The molecule has 142 valence electrons. The van der Waals surface area contributed by atoms with Gasteiger partial charge in [0, 0.05) is 29.7 Å². The molecule has 0 spiro atoms. The Morgan fingerprint density at radius 2 is 1.93 bits per heavy atom. The normalized spacial score (nSPS) is 19.6. The summed E-state index contributed by atoms with van der Waals surface area (Å²) in [7, 11) is 1.90. The van der Waals surface area contributed by atoms with Crippen molar-refractivity contribution in [1.82, 2.24) is 4.90 Å². The fraction of sp³-hybridized carbons (Fsp3) is 0.364. The Morgan fingerprint density at radius 3 is 2.63 bits per heavy atom. The first-order chi connectivity index (χ1) is 12.9. The number of carbonyl (C=O) groups excluding carboxylic acids is 1. The number of ketones is 1. The van der Waals surface area contributed by atoms with E-state index >= 15 is 0 Å². The van der Waals surface area contributed by atoms with Crippen LogP contribution in [0.4, 0.5) is 5.69 Å². The summed E-state index contributed by atoms with van der Waals surface area (Å²) < 4.78 is 0. The van der Waals surface area contributed by atoms with E-state index in [9.17, 15) is 4.79 Å². The maximum absolute atomic E-state index is 13.2. The third-order valence-corrected chi connectivity index (χ3v) is 6.19. The quantitative estimate of drug-likeness (QED) is 0.677. The summed E-state index contributed by atoms with van der Waals surface area (Å²) in [6.07, 6.45) is 3.13. The van der Waals surface area contributed by atoms with E-state index in [-0.39, 0.29) is 5.78 Å². The van der Waals surface area contributed by atoms with Crippen LogP contribution in [0.5, 0.6) is 0 Å². The van der Waals surface area contributed by atoms with Crippen LogP contribution >= 0.6 is 23.8 Å². The second kappa shape index (κ2) is 7.99. The maximum Gasteiger partial charge on any atom is 0.174 e. The molecule has 0 aromatic heterocycles. The molecule has 1 N–H and O–H groups in total. The lowest BCUT2D eigenvalue weighted by atomic mass is 9.74. The zero-order chi connectivity index (χ0) is 19.6. The first-order valence-corrected chi connectivity index (χ1v) is 10.1. The molecular formula is C22H25ClN2OS. The maximum atomic E-state index is 13.2. The molecule has 0 radical (unpaired) electrons. The monoisotopic (exact) mass is 400 g/mol. The van der Waals surface area contributed by atoms with Gasteiger partial charge in [0.05, 0.1) is 0 Å². The summed E-state index contributed by atoms with van der Waals surface area (Å²) in [6, 6.07) is 13.8. The van der Waals surface area contributed by atoms with Crippen molar-refractivity contribution in [3.8, 4) is 0 Å². The van der Waals surface area contributed by atoms with Gasteiger partial charge in [-0.05, 0) is 68.6 Å². The van der Waals surface area contributed by atoms with Crippen molar-refractivity contribution >= 4 is 40.4 Å². The second-order valence-corrected chi connectivity index (χ2v) is 8.07. The zero-order valence-electron chi connectivity index (χ0n) is 16.0.